The summed E-state index contributed by atoms with van der Waals surface area (Å²) >= 11 is 6.44. The van der Waals surface area contributed by atoms with Crippen molar-refractivity contribution < 1.29 is 14.7 Å². The van der Waals surface area contributed by atoms with E-state index in [1.807, 2.05) is 24.3 Å². The molecule has 26 heavy (non-hydrogen) atoms. The number of benzene rings is 2. The van der Waals surface area contributed by atoms with E-state index in [-0.39, 0.29) is 10.2 Å². The summed E-state index contributed by atoms with van der Waals surface area (Å²) in [6.45, 7) is 2.08. The molecule has 2 aromatic rings. The van der Waals surface area contributed by atoms with E-state index in [1.54, 1.807) is 36.4 Å². The normalized spacial score (nSPS) is 17.0. The minimum absolute atomic E-state index is 0.252. The van der Waals surface area contributed by atoms with Gasteiger partial charge < -0.3 is 5.11 Å². The molecule has 132 valence electrons. The Hall–Kier alpha value is -2.44. The van der Waals surface area contributed by atoms with Crippen LogP contribution in [-0.2, 0) is 16.0 Å². The van der Waals surface area contributed by atoms with Crippen molar-refractivity contribution in [1.29, 1.82) is 0 Å². The Morgan fingerprint density at radius 1 is 1.19 bits per heavy atom. The lowest BCUT2D eigenvalue weighted by atomic mass is 10.1. The van der Waals surface area contributed by atoms with Gasteiger partial charge in [0.05, 0.1) is 4.91 Å². The summed E-state index contributed by atoms with van der Waals surface area (Å²) in [5, 5.41) is 9.67. The second-order valence-electron chi connectivity index (χ2n) is 5.80. The topological polar surface area (TPSA) is 57.6 Å². The molecule has 0 bridgehead atoms. The van der Waals surface area contributed by atoms with E-state index in [9.17, 15) is 14.7 Å². The smallest absolute Gasteiger partial charge is 0.331 e. The number of amides is 1. The Balaban J connectivity index is 1.92. The fourth-order valence-electron chi connectivity index (χ4n) is 2.74. The highest BCUT2D eigenvalue weighted by molar-refractivity contribution is 8.26. The van der Waals surface area contributed by atoms with Crippen LogP contribution >= 0.6 is 24.0 Å². The first-order chi connectivity index (χ1) is 12.5. The molecule has 0 aromatic heterocycles. The van der Waals surface area contributed by atoms with Gasteiger partial charge in [-0.25, -0.2) is 4.79 Å². The molecule has 0 saturated carbocycles. The van der Waals surface area contributed by atoms with Gasteiger partial charge in [0.25, 0.3) is 5.91 Å². The molecule has 1 saturated heterocycles. The molecule has 1 atom stereocenters. The number of hydrogen-bond acceptors (Lipinski definition) is 4. The van der Waals surface area contributed by atoms with Gasteiger partial charge in [-0.3, -0.25) is 9.69 Å². The van der Waals surface area contributed by atoms with Gasteiger partial charge in [0.2, 0.25) is 0 Å². The minimum atomic E-state index is -1.13. The van der Waals surface area contributed by atoms with Crippen LogP contribution in [-0.4, -0.2) is 26.2 Å². The Morgan fingerprint density at radius 3 is 2.42 bits per heavy atom. The van der Waals surface area contributed by atoms with E-state index >= 15 is 0 Å². The van der Waals surface area contributed by atoms with E-state index in [1.165, 1.54) is 10.5 Å². The molecule has 0 radical (unpaired) electrons. The van der Waals surface area contributed by atoms with Crippen molar-refractivity contribution in [1.82, 2.24) is 4.90 Å². The molecule has 0 spiro atoms. The number of rotatable bonds is 5. The van der Waals surface area contributed by atoms with Gasteiger partial charge in [0.1, 0.15) is 4.32 Å². The molecule has 1 heterocycles. The number of carbonyl (C=O) groups is 2. The van der Waals surface area contributed by atoms with E-state index in [2.05, 4.69) is 6.92 Å². The molecule has 4 nitrogen and oxygen atoms in total. The molecular formula is C20H17NO3S2. The summed E-state index contributed by atoms with van der Waals surface area (Å²) in [6.07, 6.45) is 2.70. The van der Waals surface area contributed by atoms with Crippen molar-refractivity contribution in [2.75, 3.05) is 0 Å². The Kier molecular flexibility index (Phi) is 5.54. The van der Waals surface area contributed by atoms with Crippen molar-refractivity contribution in [3.8, 4) is 0 Å². The van der Waals surface area contributed by atoms with Gasteiger partial charge in [0, 0.05) is 0 Å². The lowest BCUT2D eigenvalue weighted by molar-refractivity contribution is -0.145. The third-order valence-electron chi connectivity index (χ3n) is 4.12. The molecule has 6 heteroatoms. The number of carboxylic acids is 1. The number of aliphatic carboxylic acids is 1. The SMILES string of the molecule is CCc1ccc(/C=C2\SC(=S)N([C@@H](C(=O)O)c3ccccc3)C2=O)cc1. The first-order valence-electron chi connectivity index (χ1n) is 8.15. The predicted molar refractivity (Wildman–Crippen MR) is 108 cm³/mol. The van der Waals surface area contributed by atoms with Crippen LogP contribution in [0.3, 0.4) is 0 Å². The number of nitrogens with zero attached hydrogens (tertiary/aromatic N) is 1. The Labute approximate surface area is 161 Å². The molecule has 3 rings (SSSR count). The van der Waals surface area contributed by atoms with Gasteiger partial charge in [-0.2, -0.15) is 0 Å². The standard InChI is InChI=1S/C20H17NO3S2/c1-2-13-8-10-14(11-9-13)12-16-18(22)21(20(25)26-16)17(19(23)24)15-6-4-3-5-7-15/h3-12,17H,2H2,1H3,(H,23,24)/b16-12-/t17-/m1/s1. The van der Waals surface area contributed by atoms with Crippen molar-refractivity contribution in [3.63, 3.8) is 0 Å². The Bertz CT molecular complexity index is 876. The summed E-state index contributed by atoms with van der Waals surface area (Å²) in [5.74, 6) is -1.49. The van der Waals surface area contributed by atoms with Crippen molar-refractivity contribution in [3.05, 3.63) is 76.2 Å². The highest BCUT2D eigenvalue weighted by atomic mass is 32.2. The van der Waals surface area contributed by atoms with Crippen LogP contribution < -0.4 is 0 Å². The molecule has 1 fully saturated rings. The number of thiocarbonyl (C=S) groups is 1. The first kappa shape index (κ1) is 18.4. The van der Waals surface area contributed by atoms with Crippen molar-refractivity contribution in [2.24, 2.45) is 0 Å². The molecule has 1 aliphatic rings. The maximum absolute atomic E-state index is 12.8. The summed E-state index contributed by atoms with van der Waals surface area (Å²) in [7, 11) is 0. The zero-order valence-electron chi connectivity index (χ0n) is 14.1. The molecule has 1 aliphatic heterocycles. The quantitative estimate of drug-likeness (QED) is 0.617. The average molecular weight is 383 g/mol. The van der Waals surface area contributed by atoms with Gasteiger partial charge >= 0.3 is 5.97 Å². The maximum Gasteiger partial charge on any atom is 0.331 e. The molecule has 1 amide bonds. The van der Waals surface area contributed by atoms with Gasteiger partial charge in [0.15, 0.2) is 6.04 Å². The van der Waals surface area contributed by atoms with Crippen LogP contribution in [0, 0.1) is 0 Å². The largest absolute Gasteiger partial charge is 0.479 e. The third-order valence-corrected chi connectivity index (χ3v) is 5.45. The average Bonchev–Trinajstić information content (AvgIpc) is 2.91. The molecule has 0 aliphatic carbocycles. The number of hydrogen-bond donors (Lipinski definition) is 1. The predicted octanol–water partition coefficient (Wildman–Crippen LogP) is 4.28. The molecular weight excluding hydrogens is 366 g/mol. The second kappa shape index (κ2) is 7.85. The zero-order valence-corrected chi connectivity index (χ0v) is 15.7. The van der Waals surface area contributed by atoms with Gasteiger partial charge in [-0.05, 0) is 29.2 Å². The summed E-state index contributed by atoms with van der Waals surface area (Å²) in [5.41, 5.74) is 2.61. The van der Waals surface area contributed by atoms with E-state index in [4.69, 9.17) is 12.2 Å². The molecule has 2 aromatic carbocycles. The summed E-state index contributed by atoms with van der Waals surface area (Å²) < 4.78 is 0.252. The zero-order chi connectivity index (χ0) is 18.7. The first-order valence-corrected chi connectivity index (χ1v) is 9.37. The van der Waals surface area contributed by atoms with Crippen molar-refractivity contribution in [2.45, 2.75) is 19.4 Å². The number of thioether (sulfide) groups is 1. The van der Waals surface area contributed by atoms with Gasteiger partial charge in [-0.1, -0.05) is 85.5 Å². The number of carbonyl (C=O) groups excluding carboxylic acids is 1. The van der Waals surface area contributed by atoms with Crippen molar-refractivity contribution >= 4 is 46.3 Å². The van der Waals surface area contributed by atoms with E-state index in [0.717, 1.165) is 23.7 Å². The fourth-order valence-corrected chi connectivity index (χ4v) is 4.05. The lowest BCUT2D eigenvalue weighted by Crippen LogP contribution is -2.37. The van der Waals surface area contributed by atoms with Crippen LogP contribution in [0.25, 0.3) is 6.08 Å². The molecule has 1 N–H and O–H groups in total. The highest BCUT2D eigenvalue weighted by Crippen LogP contribution is 2.38. The van der Waals surface area contributed by atoms with Gasteiger partial charge in [-0.15, -0.1) is 0 Å². The Morgan fingerprint density at radius 2 is 1.85 bits per heavy atom. The van der Waals surface area contributed by atoms with Crippen LogP contribution in [0.2, 0.25) is 0 Å². The lowest BCUT2D eigenvalue weighted by Gasteiger charge is -2.23. The number of carboxylic acid groups (broad SMARTS) is 1. The van der Waals surface area contributed by atoms with Crippen LogP contribution in [0.5, 0.6) is 0 Å². The summed E-state index contributed by atoms with van der Waals surface area (Å²) in [4.78, 5) is 26.3. The molecule has 0 unspecified atom stereocenters. The van der Waals surface area contributed by atoms with Crippen LogP contribution in [0.1, 0.15) is 29.7 Å². The summed E-state index contributed by atoms with van der Waals surface area (Å²) in [6, 6.07) is 15.4. The minimum Gasteiger partial charge on any atom is -0.479 e. The highest BCUT2D eigenvalue weighted by Gasteiger charge is 2.41. The monoisotopic (exact) mass is 383 g/mol. The second-order valence-corrected chi connectivity index (χ2v) is 7.47. The maximum atomic E-state index is 12.8. The van der Waals surface area contributed by atoms with Crippen LogP contribution in [0.15, 0.2) is 59.5 Å². The fraction of sp³-hybridized carbons (Fsp3) is 0.150. The van der Waals surface area contributed by atoms with E-state index < -0.39 is 12.0 Å². The number of aryl methyl sites for hydroxylation is 1. The van der Waals surface area contributed by atoms with Crippen LogP contribution in [0.4, 0.5) is 0 Å². The third kappa shape index (κ3) is 3.71. The van der Waals surface area contributed by atoms with E-state index in [0.29, 0.717) is 10.5 Å².